The van der Waals surface area contributed by atoms with Crippen LogP contribution >= 0.6 is 0 Å². The molecule has 0 saturated carbocycles. The van der Waals surface area contributed by atoms with Gasteiger partial charge in [-0.25, -0.2) is 4.79 Å². The minimum absolute atomic E-state index is 0.199. The van der Waals surface area contributed by atoms with Gasteiger partial charge in [-0.05, 0) is 17.7 Å². The number of rotatable bonds is 4. The van der Waals surface area contributed by atoms with E-state index >= 15 is 0 Å². The van der Waals surface area contributed by atoms with Crippen molar-refractivity contribution in [3.05, 3.63) is 23.8 Å². The number of hydrogen-bond donors (Lipinski definition) is 1. The molecule has 1 atom stereocenters. The highest BCUT2D eigenvalue weighted by Crippen LogP contribution is 2.32. The smallest absolute Gasteiger partial charge is 0.328 e. The normalized spacial score (nSPS) is 13.8. The van der Waals surface area contributed by atoms with Crippen molar-refractivity contribution in [1.29, 1.82) is 0 Å². The number of benzene rings is 1. The van der Waals surface area contributed by atoms with Crippen LogP contribution in [0.15, 0.2) is 18.2 Å². The lowest BCUT2D eigenvalue weighted by atomic mass is 10.1. The molecule has 0 bridgehead atoms. The van der Waals surface area contributed by atoms with Crippen LogP contribution in [0, 0.1) is 0 Å². The number of esters is 1. The SMILES string of the molecule is COC(=O)[C@H](Cc1ccc2c(c1)OCO2)NC(C)=O. The van der Waals surface area contributed by atoms with Gasteiger partial charge in [-0.3, -0.25) is 4.79 Å². The average molecular weight is 265 g/mol. The summed E-state index contributed by atoms with van der Waals surface area (Å²) < 4.78 is 15.1. The number of hydrogen-bond acceptors (Lipinski definition) is 5. The Balaban J connectivity index is 2.12. The molecule has 6 nitrogen and oxygen atoms in total. The van der Waals surface area contributed by atoms with Gasteiger partial charge in [0.1, 0.15) is 6.04 Å². The second-order valence-electron chi connectivity index (χ2n) is 4.17. The number of methoxy groups -OCH3 is 1. The minimum Gasteiger partial charge on any atom is -0.467 e. The van der Waals surface area contributed by atoms with Crippen LogP contribution in [0.2, 0.25) is 0 Å². The van der Waals surface area contributed by atoms with Crippen molar-refractivity contribution in [2.45, 2.75) is 19.4 Å². The Morgan fingerprint density at radius 1 is 1.37 bits per heavy atom. The van der Waals surface area contributed by atoms with Crippen LogP contribution in [0.1, 0.15) is 12.5 Å². The quantitative estimate of drug-likeness (QED) is 0.808. The van der Waals surface area contributed by atoms with E-state index in [9.17, 15) is 9.59 Å². The number of nitrogens with one attached hydrogen (secondary N) is 1. The Hall–Kier alpha value is -2.24. The second-order valence-corrected chi connectivity index (χ2v) is 4.17. The van der Waals surface area contributed by atoms with Crippen molar-refractivity contribution >= 4 is 11.9 Å². The van der Waals surface area contributed by atoms with Gasteiger partial charge in [0.05, 0.1) is 7.11 Å². The topological polar surface area (TPSA) is 73.9 Å². The van der Waals surface area contributed by atoms with Gasteiger partial charge in [-0.2, -0.15) is 0 Å². The standard InChI is InChI=1S/C13H15NO5/c1-8(15)14-10(13(16)17-2)5-9-3-4-11-12(6-9)19-7-18-11/h3-4,6,10H,5,7H2,1-2H3,(H,14,15)/t10-/m0/s1. The first-order chi connectivity index (χ1) is 9.10. The largest absolute Gasteiger partial charge is 0.467 e. The minimum atomic E-state index is -0.706. The lowest BCUT2D eigenvalue weighted by Gasteiger charge is -2.15. The highest BCUT2D eigenvalue weighted by molar-refractivity contribution is 5.83. The van der Waals surface area contributed by atoms with E-state index in [-0.39, 0.29) is 12.7 Å². The van der Waals surface area contributed by atoms with Gasteiger partial charge >= 0.3 is 5.97 Å². The lowest BCUT2D eigenvalue weighted by molar-refractivity contribution is -0.144. The van der Waals surface area contributed by atoms with Crippen molar-refractivity contribution in [3.8, 4) is 11.5 Å². The molecule has 1 aromatic rings. The van der Waals surface area contributed by atoms with Crippen LogP contribution in [-0.2, 0) is 20.7 Å². The third-order valence-corrected chi connectivity index (χ3v) is 2.74. The fourth-order valence-electron chi connectivity index (χ4n) is 1.88. The zero-order valence-corrected chi connectivity index (χ0v) is 10.8. The number of carbonyl (C=O) groups excluding carboxylic acids is 2. The molecule has 2 rings (SSSR count). The molecule has 0 spiro atoms. The molecule has 0 fully saturated rings. The number of ether oxygens (including phenoxy) is 3. The van der Waals surface area contributed by atoms with Crippen molar-refractivity contribution in [1.82, 2.24) is 5.32 Å². The molecule has 102 valence electrons. The highest BCUT2D eigenvalue weighted by Gasteiger charge is 2.22. The van der Waals surface area contributed by atoms with E-state index in [1.807, 2.05) is 6.07 Å². The van der Waals surface area contributed by atoms with Crippen LogP contribution in [0.25, 0.3) is 0 Å². The first kappa shape index (κ1) is 13.2. The van der Waals surface area contributed by atoms with Crippen molar-refractivity contribution in [2.24, 2.45) is 0 Å². The summed E-state index contributed by atoms with van der Waals surface area (Å²) in [5, 5.41) is 2.56. The van der Waals surface area contributed by atoms with Crippen LogP contribution in [0.4, 0.5) is 0 Å². The summed E-state index contributed by atoms with van der Waals surface area (Å²) in [4.78, 5) is 22.7. The molecule has 19 heavy (non-hydrogen) atoms. The molecule has 1 aliphatic rings. The molecule has 1 heterocycles. The molecule has 0 unspecified atom stereocenters. The second kappa shape index (κ2) is 5.60. The Bertz CT molecular complexity index is 500. The molecule has 1 aromatic carbocycles. The third-order valence-electron chi connectivity index (χ3n) is 2.74. The molecule has 1 N–H and O–H groups in total. The number of amides is 1. The van der Waals surface area contributed by atoms with E-state index in [4.69, 9.17) is 9.47 Å². The molecular formula is C13H15NO5. The maximum absolute atomic E-state index is 11.6. The van der Waals surface area contributed by atoms with E-state index in [0.717, 1.165) is 5.56 Å². The Labute approximate surface area is 110 Å². The van der Waals surface area contributed by atoms with Crippen molar-refractivity contribution < 1.29 is 23.8 Å². The summed E-state index contributed by atoms with van der Waals surface area (Å²) in [6.45, 7) is 1.56. The summed E-state index contributed by atoms with van der Waals surface area (Å²) in [6, 6.07) is 4.69. The van der Waals surface area contributed by atoms with Gasteiger partial charge < -0.3 is 19.5 Å². The molecule has 0 saturated heterocycles. The third kappa shape index (κ3) is 3.15. The Morgan fingerprint density at radius 2 is 2.11 bits per heavy atom. The zero-order valence-electron chi connectivity index (χ0n) is 10.8. The van der Waals surface area contributed by atoms with Crippen LogP contribution < -0.4 is 14.8 Å². The highest BCUT2D eigenvalue weighted by atomic mass is 16.7. The van der Waals surface area contributed by atoms with Gasteiger partial charge in [-0.1, -0.05) is 6.07 Å². The number of fused-ring (bicyclic) bond motifs is 1. The molecular weight excluding hydrogens is 250 g/mol. The first-order valence-electron chi connectivity index (χ1n) is 5.83. The molecule has 0 radical (unpaired) electrons. The van der Waals surface area contributed by atoms with E-state index < -0.39 is 12.0 Å². The van der Waals surface area contributed by atoms with Crippen molar-refractivity contribution in [2.75, 3.05) is 13.9 Å². The van der Waals surface area contributed by atoms with E-state index in [1.54, 1.807) is 12.1 Å². The Morgan fingerprint density at radius 3 is 2.79 bits per heavy atom. The number of carbonyl (C=O) groups is 2. The fraction of sp³-hybridized carbons (Fsp3) is 0.385. The van der Waals surface area contributed by atoms with Gasteiger partial charge in [0.15, 0.2) is 11.5 Å². The molecule has 0 aliphatic carbocycles. The zero-order chi connectivity index (χ0) is 13.8. The van der Waals surface area contributed by atoms with Crippen LogP contribution in [0.5, 0.6) is 11.5 Å². The first-order valence-corrected chi connectivity index (χ1v) is 5.83. The van der Waals surface area contributed by atoms with Gasteiger partial charge in [-0.15, -0.1) is 0 Å². The summed E-state index contributed by atoms with van der Waals surface area (Å²) in [5.74, 6) is 0.561. The molecule has 1 aliphatic heterocycles. The van der Waals surface area contributed by atoms with E-state index in [2.05, 4.69) is 10.1 Å². The molecule has 6 heteroatoms. The fourth-order valence-corrected chi connectivity index (χ4v) is 1.88. The summed E-state index contributed by atoms with van der Waals surface area (Å²) in [5.41, 5.74) is 0.855. The van der Waals surface area contributed by atoms with E-state index in [0.29, 0.717) is 17.9 Å². The summed E-state index contributed by atoms with van der Waals surface area (Å²) >= 11 is 0. The predicted octanol–water partition coefficient (Wildman–Crippen LogP) is 0.635. The predicted molar refractivity (Wildman–Crippen MR) is 65.9 cm³/mol. The van der Waals surface area contributed by atoms with Crippen molar-refractivity contribution in [3.63, 3.8) is 0 Å². The summed E-state index contributed by atoms with van der Waals surface area (Å²) in [6.07, 6.45) is 0.336. The van der Waals surface area contributed by atoms with Gasteiger partial charge in [0, 0.05) is 13.3 Å². The maximum Gasteiger partial charge on any atom is 0.328 e. The summed E-state index contributed by atoms with van der Waals surface area (Å²) in [7, 11) is 1.29. The van der Waals surface area contributed by atoms with Crippen LogP contribution in [-0.4, -0.2) is 31.8 Å². The molecule has 0 aromatic heterocycles. The Kier molecular flexibility index (Phi) is 3.89. The van der Waals surface area contributed by atoms with Crippen LogP contribution in [0.3, 0.4) is 0 Å². The maximum atomic E-state index is 11.6. The average Bonchev–Trinajstić information content (AvgIpc) is 2.84. The molecule has 1 amide bonds. The van der Waals surface area contributed by atoms with E-state index in [1.165, 1.54) is 14.0 Å². The van der Waals surface area contributed by atoms with Gasteiger partial charge in [0.2, 0.25) is 12.7 Å². The van der Waals surface area contributed by atoms with Gasteiger partial charge in [0.25, 0.3) is 0 Å². The lowest BCUT2D eigenvalue weighted by Crippen LogP contribution is -2.41. The monoisotopic (exact) mass is 265 g/mol.